The van der Waals surface area contributed by atoms with Gasteiger partial charge < -0.3 is 4.74 Å². The van der Waals surface area contributed by atoms with E-state index in [1.54, 1.807) is 24.3 Å². The molecule has 0 aromatic heterocycles. The first kappa shape index (κ1) is 15.9. The number of rotatable bonds is 4. The van der Waals surface area contributed by atoms with Crippen LogP contribution in [0, 0.1) is 6.92 Å². The molecular formula is C19H17NO4. The SMILES string of the molecule is Cc1cccc(COC(=O)CN2C(=O)Cc3ccccc3C2=O)c1. The van der Waals surface area contributed by atoms with Gasteiger partial charge in [-0.05, 0) is 24.1 Å². The monoisotopic (exact) mass is 323 g/mol. The number of carbonyl (C=O) groups is 3. The molecule has 0 fully saturated rings. The van der Waals surface area contributed by atoms with Gasteiger partial charge in [0.25, 0.3) is 5.91 Å². The predicted octanol–water partition coefficient (Wildman–Crippen LogP) is 2.26. The maximum absolute atomic E-state index is 12.4. The number of nitrogens with zero attached hydrogens (tertiary/aromatic N) is 1. The fraction of sp³-hybridized carbons (Fsp3) is 0.211. The van der Waals surface area contributed by atoms with E-state index in [0.29, 0.717) is 11.1 Å². The van der Waals surface area contributed by atoms with Crippen molar-refractivity contribution in [2.45, 2.75) is 20.0 Å². The summed E-state index contributed by atoms with van der Waals surface area (Å²) in [6, 6.07) is 14.5. The Morgan fingerprint density at radius 3 is 2.71 bits per heavy atom. The first-order chi connectivity index (χ1) is 11.5. The minimum absolute atomic E-state index is 0.118. The highest BCUT2D eigenvalue weighted by Crippen LogP contribution is 2.19. The summed E-state index contributed by atoms with van der Waals surface area (Å²) in [4.78, 5) is 37.5. The Kier molecular flexibility index (Phi) is 4.42. The van der Waals surface area contributed by atoms with Gasteiger partial charge in [-0.2, -0.15) is 0 Å². The lowest BCUT2D eigenvalue weighted by Gasteiger charge is -2.25. The first-order valence-corrected chi connectivity index (χ1v) is 7.68. The number of aryl methyl sites for hydroxylation is 1. The van der Waals surface area contributed by atoms with E-state index in [2.05, 4.69) is 0 Å². The van der Waals surface area contributed by atoms with Crippen molar-refractivity contribution in [3.8, 4) is 0 Å². The summed E-state index contributed by atoms with van der Waals surface area (Å²) in [6.07, 6.45) is 0.118. The van der Waals surface area contributed by atoms with E-state index in [1.165, 1.54) is 0 Å². The van der Waals surface area contributed by atoms with Crippen LogP contribution in [0.4, 0.5) is 0 Å². The lowest BCUT2D eigenvalue weighted by molar-refractivity contribution is -0.149. The minimum atomic E-state index is -0.599. The van der Waals surface area contributed by atoms with E-state index in [1.807, 2.05) is 31.2 Å². The molecule has 24 heavy (non-hydrogen) atoms. The Hall–Kier alpha value is -2.95. The number of amides is 2. The van der Waals surface area contributed by atoms with Crippen molar-refractivity contribution in [1.82, 2.24) is 4.90 Å². The largest absolute Gasteiger partial charge is 0.459 e. The molecule has 0 bridgehead atoms. The van der Waals surface area contributed by atoms with Gasteiger partial charge >= 0.3 is 5.97 Å². The molecule has 0 saturated heterocycles. The molecule has 0 aliphatic carbocycles. The van der Waals surface area contributed by atoms with E-state index in [-0.39, 0.29) is 25.5 Å². The third kappa shape index (κ3) is 3.35. The number of carbonyl (C=O) groups excluding carboxylic acids is 3. The minimum Gasteiger partial charge on any atom is -0.459 e. The molecule has 122 valence electrons. The topological polar surface area (TPSA) is 63.7 Å². The highest BCUT2D eigenvalue weighted by atomic mass is 16.5. The number of benzene rings is 2. The summed E-state index contributed by atoms with van der Waals surface area (Å²) in [5, 5.41) is 0. The Morgan fingerprint density at radius 1 is 1.12 bits per heavy atom. The standard InChI is InChI=1S/C19H17NO4/c1-13-5-4-6-14(9-13)12-24-18(22)11-20-17(21)10-15-7-2-3-8-16(15)19(20)23/h2-9H,10-12H2,1H3. The van der Waals surface area contributed by atoms with Crippen LogP contribution in [0.15, 0.2) is 48.5 Å². The van der Waals surface area contributed by atoms with Crippen LogP contribution in [0.2, 0.25) is 0 Å². The van der Waals surface area contributed by atoms with Gasteiger partial charge in [-0.15, -0.1) is 0 Å². The van der Waals surface area contributed by atoms with Crippen LogP contribution >= 0.6 is 0 Å². The van der Waals surface area contributed by atoms with Crippen LogP contribution in [0.5, 0.6) is 0 Å². The molecule has 2 aromatic rings. The normalized spacial score (nSPS) is 13.6. The van der Waals surface area contributed by atoms with Gasteiger partial charge in [0.2, 0.25) is 5.91 Å². The zero-order chi connectivity index (χ0) is 17.1. The second kappa shape index (κ2) is 6.66. The van der Waals surface area contributed by atoms with Crippen molar-refractivity contribution in [2.24, 2.45) is 0 Å². The quantitative estimate of drug-likeness (QED) is 0.639. The van der Waals surface area contributed by atoms with Crippen LogP contribution in [0.1, 0.15) is 27.0 Å². The maximum Gasteiger partial charge on any atom is 0.326 e. The van der Waals surface area contributed by atoms with E-state index in [0.717, 1.165) is 16.0 Å². The highest BCUT2D eigenvalue weighted by Gasteiger charge is 2.32. The van der Waals surface area contributed by atoms with Gasteiger partial charge in [-0.25, -0.2) is 0 Å². The molecule has 0 N–H and O–H groups in total. The van der Waals surface area contributed by atoms with Gasteiger partial charge in [0.15, 0.2) is 0 Å². The summed E-state index contributed by atoms with van der Waals surface area (Å²) in [5.41, 5.74) is 3.09. The summed E-state index contributed by atoms with van der Waals surface area (Å²) in [6.45, 7) is 1.71. The zero-order valence-corrected chi connectivity index (χ0v) is 13.3. The van der Waals surface area contributed by atoms with Crippen molar-refractivity contribution < 1.29 is 19.1 Å². The third-order valence-corrected chi connectivity index (χ3v) is 3.91. The average Bonchev–Trinajstić information content (AvgIpc) is 2.57. The smallest absolute Gasteiger partial charge is 0.326 e. The number of hydrogen-bond acceptors (Lipinski definition) is 4. The van der Waals surface area contributed by atoms with Crippen LogP contribution in [0.3, 0.4) is 0 Å². The Bertz CT molecular complexity index is 813. The van der Waals surface area contributed by atoms with Crippen LogP contribution in [0.25, 0.3) is 0 Å². The summed E-state index contributed by atoms with van der Waals surface area (Å²) in [7, 11) is 0. The zero-order valence-electron chi connectivity index (χ0n) is 13.3. The Balaban J connectivity index is 1.64. The summed E-state index contributed by atoms with van der Waals surface area (Å²) < 4.78 is 5.19. The highest BCUT2D eigenvalue weighted by molar-refractivity contribution is 6.11. The molecule has 3 rings (SSSR count). The number of esters is 1. The van der Waals surface area contributed by atoms with Gasteiger partial charge in [0.05, 0.1) is 6.42 Å². The van der Waals surface area contributed by atoms with E-state index < -0.39 is 11.9 Å². The fourth-order valence-electron chi connectivity index (χ4n) is 2.70. The molecule has 2 amide bonds. The van der Waals surface area contributed by atoms with Crippen LogP contribution in [-0.4, -0.2) is 29.2 Å². The van der Waals surface area contributed by atoms with Gasteiger partial charge in [0, 0.05) is 5.56 Å². The first-order valence-electron chi connectivity index (χ1n) is 7.68. The molecular weight excluding hydrogens is 306 g/mol. The lowest BCUT2D eigenvalue weighted by Crippen LogP contribution is -2.45. The van der Waals surface area contributed by atoms with E-state index in [4.69, 9.17) is 4.74 Å². The van der Waals surface area contributed by atoms with Crippen molar-refractivity contribution >= 4 is 17.8 Å². The summed E-state index contributed by atoms with van der Waals surface area (Å²) >= 11 is 0. The Morgan fingerprint density at radius 2 is 1.92 bits per heavy atom. The van der Waals surface area contributed by atoms with Crippen LogP contribution < -0.4 is 0 Å². The molecule has 0 unspecified atom stereocenters. The second-order valence-corrected chi connectivity index (χ2v) is 5.77. The van der Waals surface area contributed by atoms with E-state index >= 15 is 0 Å². The van der Waals surface area contributed by atoms with Crippen molar-refractivity contribution in [3.05, 3.63) is 70.8 Å². The second-order valence-electron chi connectivity index (χ2n) is 5.77. The van der Waals surface area contributed by atoms with Crippen molar-refractivity contribution in [3.63, 3.8) is 0 Å². The van der Waals surface area contributed by atoms with Gasteiger partial charge in [-0.3, -0.25) is 19.3 Å². The molecule has 5 nitrogen and oxygen atoms in total. The average molecular weight is 323 g/mol. The Labute approximate surface area is 139 Å². The van der Waals surface area contributed by atoms with Crippen molar-refractivity contribution in [1.29, 1.82) is 0 Å². The predicted molar refractivity (Wildman–Crippen MR) is 87.2 cm³/mol. The van der Waals surface area contributed by atoms with Gasteiger partial charge in [-0.1, -0.05) is 48.0 Å². The maximum atomic E-state index is 12.4. The lowest BCUT2D eigenvalue weighted by atomic mass is 9.98. The number of hydrogen-bond donors (Lipinski definition) is 0. The molecule has 1 aliphatic rings. The third-order valence-electron chi connectivity index (χ3n) is 3.91. The van der Waals surface area contributed by atoms with Crippen molar-refractivity contribution in [2.75, 3.05) is 6.54 Å². The van der Waals surface area contributed by atoms with Gasteiger partial charge in [0.1, 0.15) is 13.2 Å². The molecule has 0 spiro atoms. The number of ether oxygens (including phenoxy) is 1. The molecule has 0 saturated carbocycles. The molecule has 5 heteroatoms. The summed E-state index contributed by atoms with van der Waals surface area (Å²) in [5.74, 6) is -1.43. The number of imide groups is 1. The van der Waals surface area contributed by atoms with E-state index in [9.17, 15) is 14.4 Å². The van der Waals surface area contributed by atoms with Crippen LogP contribution in [-0.2, 0) is 27.4 Å². The fourth-order valence-corrected chi connectivity index (χ4v) is 2.70. The molecule has 2 aromatic carbocycles. The number of fused-ring (bicyclic) bond motifs is 1. The molecule has 1 aliphatic heterocycles. The molecule has 0 atom stereocenters. The molecule has 0 radical (unpaired) electrons. The molecule has 1 heterocycles.